The summed E-state index contributed by atoms with van der Waals surface area (Å²) in [5, 5.41) is 0. The molecule has 2 heterocycles. The maximum atomic E-state index is 12.7. The SMILES string of the molecule is CN(CC1CCCN1C)C(=O)c1cc(Br)cn1C1CC1. The minimum atomic E-state index is 0.142. The number of rotatable bonds is 4. The van der Waals surface area contributed by atoms with Crippen molar-refractivity contribution >= 4 is 21.8 Å². The number of likely N-dealkylation sites (N-methyl/N-ethyl adjacent to an activating group) is 2. The van der Waals surface area contributed by atoms with E-state index in [2.05, 4.69) is 32.4 Å². The molecule has 0 aromatic carbocycles. The third-order valence-corrected chi connectivity index (χ3v) is 4.91. The van der Waals surface area contributed by atoms with Crippen LogP contribution >= 0.6 is 15.9 Å². The molecule has 20 heavy (non-hydrogen) atoms. The van der Waals surface area contributed by atoms with Crippen molar-refractivity contribution in [2.75, 3.05) is 27.2 Å². The van der Waals surface area contributed by atoms with Crippen LogP contribution in [0.1, 0.15) is 42.2 Å². The first-order chi connectivity index (χ1) is 9.56. The summed E-state index contributed by atoms with van der Waals surface area (Å²) in [7, 11) is 4.08. The fourth-order valence-electron chi connectivity index (χ4n) is 3.08. The number of carbonyl (C=O) groups is 1. The van der Waals surface area contributed by atoms with Gasteiger partial charge < -0.3 is 14.4 Å². The Morgan fingerprint density at radius 2 is 2.20 bits per heavy atom. The van der Waals surface area contributed by atoms with E-state index >= 15 is 0 Å². The first kappa shape index (κ1) is 14.1. The molecule has 5 heteroatoms. The van der Waals surface area contributed by atoms with Gasteiger partial charge in [-0.15, -0.1) is 0 Å². The van der Waals surface area contributed by atoms with E-state index < -0.39 is 0 Å². The minimum Gasteiger partial charge on any atom is -0.339 e. The standard InChI is InChI=1S/C15H22BrN3O/c1-17-7-3-4-13(17)10-18(2)15(20)14-8-11(16)9-19(14)12-5-6-12/h8-9,12-13H,3-7,10H2,1-2H3. The van der Waals surface area contributed by atoms with E-state index in [4.69, 9.17) is 0 Å². The lowest BCUT2D eigenvalue weighted by Gasteiger charge is -2.26. The number of carbonyl (C=O) groups excluding carboxylic acids is 1. The molecule has 0 N–H and O–H groups in total. The zero-order valence-corrected chi connectivity index (χ0v) is 13.8. The van der Waals surface area contributed by atoms with Crippen molar-refractivity contribution in [3.63, 3.8) is 0 Å². The van der Waals surface area contributed by atoms with Gasteiger partial charge in [-0.3, -0.25) is 4.79 Å². The fraction of sp³-hybridized carbons (Fsp3) is 0.667. The van der Waals surface area contributed by atoms with E-state index in [0.29, 0.717) is 12.1 Å². The molecular weight excluding hydrogens is 318 g/mol. The van der Waals surface area contributed by atoms with Crippen molar-refractivity contribution in [3.05, 3.63) is 22.4 Å². The van der Waals surface area contributed by atoms with E-state index in [1.165, 1.54) is 25.7 Å². The van der Waals surface area contributed by atoms with Gasteiger partial charge in [0.15, 0.2) is 0 Å². The highest BCUT2D eigenvalue weighted by Crippen LogP contribution is 2.37. The summed E-state index contributed by atoms with van der Waals surface area (Å²) in [6.07, 6.45) is 6.86. The van der Waals surface area contributed by atoms with Crippen LogP contribution < -0.4 is 0 Å². The molecule has 1 unspecified atom stereocenters. The van der Waals surface area contributed by atoms with Crippen LogP contribution in [-0.2, 0) is 0 Å². The zero-order valence-electron chi connectivity index (χ0n) is 12.2. The first-order valence-corrected chi connectivity index (χ1v) is 8.18. The Morgan fingerprint density at radius 3 is 2.80 bits per heavy atom. The summed E-state index contributed by atoms with van der Waals surface area (Å²) in [5.74, 6) is 0.142. The Hall–Kier alpha value is -0.810. The van der Waals surface area contributed by atoms with Crippen molar-refractivity contribution in [1.29, 1.82) is 0 Å². The van der Waals surface area contributed by atoms with Crippen molar-refractivity contribution in [1.82, 2.24) is 14.4 Å². The number of aromatic nitrogens is 1. The van der Waals surface area contributed by atoms with Crippen molar-refractivity contribution < 1.29 is 4.79 Å². The molecule has 1 saturated heterocycles. The summed E-state index contributed by atoms with van der Waals surface area (Å²) in [6.45, 7) is 1.97. The Kier molecular flexibility index (Phi) is 3.91. The Labute approximate surface area is 128 Å². The van der Waals surface area contributed by atoms with E-state index in [9.17, 15) is 4.79 Å². The number of nitrogens with zero attached hydrogens (tertiary/aromatic N) is 3. The largest absolute Gasteiger partial charge is 0.339 e. The third-order valence-electron chi connectivity index (χ3n) is 4.48. The van der Waals surface area contributed by atoms with Gasteiger partial charge in [-0.05, 0) is 61.3 Å². The summed E-state index contributed by atoms with van der Waals surface area (Å²) in [5.41, 5.74) is 0.822. The average molecular weight is 340 g/mol. The molecule has 3 rings (SSSR count). The van der Waals surface area contributed by atoms with E-state index in [-0.39, 0.29) is 5.91 Å². The van der Waals surface area contributed by atoms with Crippen LogP contribution in [0.2, 0.25) is 0 Å². The van der Waals surface area contributed by atoms with Crippen LogP contribution in [0.3, 0.4) is 0 Å². The molecule has 1 saturated carbocycles. The van der Waals surface area contributed by atoms with Gasteiger partial charge in [-0.2, -0.15) is 0 Å². The predicted octanol–water partition coefficient (Wildman–Crippen LogP) is 2.75. The quantitative estimate of drug-likeness (QED) is 0.843. The topological polar surface area (TPSA) is 28.5 Å². The molecule has 2 fully saturated rings. The van der Waals surface area contributed by atoms with Gasteiger partial charge in [0.05, 0.1) is 0 Å². The molecule has 4 nitrogen and oxygen atoms in total. The highest BCUT2D eigenvalue weighted by molar-refractivity contribution is 9.10. The summed E-state index contributed by atoms with van der Waals surface area (Å²) < 4.78 is 3.14. The number of likely N-dealkylation sites (tertiary alicyclic amines) is 1. The van der Waals surface area contributed by atoms with Crippen LogP contribution in [0.4, 0.5) is 0 Å². The number of amides is 1. The van der Waals surface area contributed by atoms with Gasteiger partial charge in [-0.1, -0.05) is 0 Å². The molecule has 0 bridgehead atoms. The summed E-state index contributed by atoms with van der Waals surface area (Å²) in [4.78, 5) is 16.9. The molecular formula is C15H22BrN3O. The Morgan fingerprint density at radius 1 is 1.45 bits per heavy atom. The van der Waals surface area contributed by atoms with Crippen LogP contribution in [0.15, 0.2) is 16.7 Å². The second kappa shape index (κ2) is 5.53. The molecule has 0 spiro atoms. The van der Waals surface area contributed by atoms with Gasteiger partial charge >= 0.3 is 0 Å². The van der Waals surface area contributed by atoms with E-state index in [0.717, 1.165) is 23.3 Å². The molecule has 1 amide bonds. The monoisotopic (exact) mass is 339 g/mol. The van der Waals surface area contributed by atoms with Crippen molar-refractivity contribution in [2.24, 2.45) is 0 Å². The Bertz CT molecular complexity index is 509. The van der Waals surface area contributed by atoms with Gasteiger partial charge in [0.25, 0.3) is 5.91 Å². The average Bonchev–Trinajstić information content (AvgIpc) is 3.08. The second-order valence-electron chi connectivity index (χ2n) is 6.14. The van der Waals surface area contributed by atoms with E-state index in [1.54, 1.807) is 0 Å². The first-order valence-electron chi connectivity index (χ1n) is 7.39. The second-order valence-corrected chi connectivity index (χ2v) is 7.06. The number of hydrogen-bond acceptors (Lipinski definition) is 2. The summed E-state index contributed by atoms with van der Waals surface area (Å²) >= 11 is 3.49. The fourth-order valence-corrected chi connectivity index (χ4v) is 3.51. The maximum absolute atomic E-state index is 12.7. The van der Waals surface area contributed by atoms with Crippen LogP contribution in [0.25, 0.3) is 0 Å². The van der Waals surface area contributed by atoms with Crippen LogP contribution in [0, 0.1) is 0 Å². The van der Waals surface area contributed by atoms with Crippen molar-refractivity contribution in [2.45, 2.75) is 37.8 Å². The number of halogens is 1. The van der Waals surface area contributed by atoms with Gasteiger partial charge in [0.1, 0.15) is 5.69 Å². The van der Waals surface area contributed by atoms with Gasteiger partial charge in [0, 0.05) is 36.3 Å². The molecule has 1 atom stereocenters. The summed E-state index contributed by atoms with van der Waals surface area (Å²) in [6, 6.07) is 3.00. The lowest BCUT2D eigenvalue weighted by Crippen LogP contribution is -2.40. The zero-order chi connectivity index (χ0) is 14.3. The molecule has 1 aromatic rings. The molecule has 1 aliphatic carbocycles. The molecule has 1 aliphatic heterocycles. The van der Waals surface area contributed by atoms with Crippen LogP contribution in [0.5, 0.6) is 0 Å². The predicted molar refractivity (Wildman–Crippen MR) is 83.0 cm³/mol. The molecule has 0 radical (unpaired) electrons. The molecule has 2 aliphatic rings. The highest BCUT2D eigenvalue weighted by atomic mass is 79.9. The molecule has 1 aromatic heterocycles. The number of hydrogen-bond donors (Lipinski definition) is 0. The van der Waals surface area contributed by atoms with Crippen molar-refractivity contribution in [3.8, 4) is 0 Å². The van der Waals surface area contributed by atoms with Crippen LogP contribution in [-0.4, -0.2) is 53.5 Å². The van der Waals surface area contributed by atoms with Gasteiger partial charge in [0.2, 0.25) is 0 Å². The van der Waals surface area contributed by atoms with Gasteiger partial charge in [-0.25, -0.2) is 0 Å². The Balaban J connectivity index is 1.71. The third kappa shape index (κ3) is 2.79. The molecule has 110 valence electrons. The normalized spacial score (nSPS) is 23.2. The maximum Gasteiger partial charge on any atom is 0.270 e. The minimum absolute atomic E-state index is 0.142. The lowest BCUT2D eigenvalue weighted by molar-refractivity contribution is 0.0750. The van der Waals surface area contributed by atoms with E-state index in [1.807, 2.05) is 24.2 Å². The highest BCUT2D eigenvalue weighted by Gasteiger charge is 2.30. The smallest absolute Gasteiger partial charge is 0.270 e. The lowest BCUT2D eigenvalue weighted by atomic mass is 10.2.